The highest BCUT2D eigenvalue weighted by atomic mass is 15.0. The number of nitrogens with zero attached hydrogens (tertiary/aromatic N) is 5. The Kier molecular flexibility index (Phi) is 6.84. The molecule has 50 heavy (non-hydrogen) atoms. The van der Waals surface area contributed by atoms with Crippen LogP contribution in [-0.4, -0.2) is 9.13 Å². The second-order valence-corrected chi connectivity index (χ2v) is 12.9. The van der Waals surface area contributed by atoms with Crippen molar-refractivity contribution in [2.45, 2.75) is 25.7 Å². The summed E-state index contributed by atoms with van der Waals surface area (Å²) < 4.78 is 4.53. The number of allylic oxidation sites excluding steroid dienone is 5. The molecule has 0 atom stereocenters. The average molecular weight is 640 g/mol. The number of benzene rings is 5. The summed E-state index contributed by atoms with van der Waals surface area (Å²) >= 11 is 0. The number of rotatable bonds is 4. The lowest BCUT2D eigenvalue weighted by atomic mass is 9.88. The quantitative estimate of drug-likeness (QED) is 0.192. The summed E-state index contributed by atoms with van der Waals surface area (Å²) in [6, 6.07) is 44.6. The van der Waals surface area contributed by atoms with E-state index in [9.17, 15) is 15.8 Å². The van der Waals surface area contributed by atoms with E-state index in [4.69, 9.17) is 0 Å². The highest BCUT2D eigenvalue weighted by molar-refractivity contribution is 6.09. The molecular weight excluding hydrogens is 611 g/mol. The first-order valence-corrected chi connectivity index (χ1v) is 16.9. The van der Waals surface area contributed by atoms with Crippen molar-refractivity contribution in [2.24, 2.45) is 0 Å². The normalized spacial score (nSPS) is 14.0. The van der Waals surface area contributed by atoms with Crippen molar-refractivity contribution in [3.05, 3.63) is 155 Å². The van der Waals surface area contributed by atoms with Crippen molar-refractivity contribution in [3.8, 4) is 35.0 Å². The Morgan fingerprint density at radius 3 is 2.02 bits per heavy atom. The number of para-hydroxylation sites is 2. The van der Waals surface area contributed by atoms with E-state index in [-0.39, 0.29) is 0 Å². The van der Waals surface area contributed by atoms with E-state index in [1.165, 1.54) is 5.57 Å². The maximum absolute atomic E-state index is 10.6. The van der Waals surface area contributed by atoms with Crippen LogP contribution in [0, 0.1) is 34.0 Å². The molecule has 0 radical (unpaired) electrons. The smallest absolute Gasteiger partial charge is 0.101 e. The van der Waals surface area contributed by atoms with E-state index in [1.54, 1.807) is 0 Å². The number of nitriles is 3. The van der Waals surface area contributed by atoms with E-state index < -0.39 is 0 Å². The Bertz CT molecular complexity index is 2740. The Labute approximate surface area is 289 Å². The van der Waals surface area contributed by atoms with E-state index in [1.807, 2.05) is 36.4 Å². The van der Waals surface area contributed by atoms with Gasteiger partial charge in [0.25, 0.3) is 0 Å². The number of hydrogen-bond acceptors (Lipinski definition) is 3. The van der Waals surface area contributed by atoms with Crippen LogP contribution in [0.4, 0.5) is 0 Å². The van der Waals surface area contributed by atoms with Crippen LogP contribution in [0.15, 0.2) is 127 Å². The molecule has 0 spiro atoms. The van der Waals surface area contributed by atoms with Gasteiger partial charge in [0, 0.05) is 38.7 Å². The molecule has 2 aliphatic rings. The van der Waals surface area contributed by atoms with Gasteiger partial charge in [0.15, 0.2) is 0 Å². The van der Waals surface area contributed by atoms with Gasteiger partial charge in [0.05, 0.1) is 45.5 Å². The molecule has 0 N–H and O–H groups in total. The zero-order chi connectivity index (χ0) is 33.8. The number of aromatic nitrogens is 2. The van der Waals surface area contributed by atoms with Gasteiger partial charge in [-0.15, -0.1) is 0 Å². The van der Waals surface area contributed by atoms with E-state index in [0.29, 0.717) is 17.5 Å². The highest BCUT2D eigenvalue weighted by Crippen LogP contribution is 2.43. The van der Waals surface area contributed by atoms with Crippen molar-refractivity contribution in [1.82, 2.24) is 9.13 Å². The molecule has 2 aromatic heterocycles. The summed E-state index contributed by atoms with van der Waals surface area (Å²) in [6.07, 6.45) is 9.55. The summed E-state index contributed by atoms with van der Waals surface area (Å²) in [7, 11) is 0. The van der Waals surface area contributed by atoms with Crippen LogP contribution in [-0.2, 0) is 6.42 Å². The standard InChI is InChI=1S/C45H29N5/c46-26-29-20-22-43-38(24-29)45-31(27-47)10-9-19-44(45)50(43)40-16-6-3-13-35(40)34-12-2-1-11-33(34)30-21-23-39(32(25-30)28-48)49-41-17-7-4-14-36(41)37-15-5-8-18-42(37)49/h1-2,4-12,14-19,21,23-25H,3,13,20,22H2. The van der Waals surface area contributed by atoms with Gasteiger partial charge in [-0.1, -0.05) is 78.9 Å². The average Bonchev–Trinajstić information content (AvgIpc) is 3.70. The highest BCUT2D eigenvalue weighted by Gasteiger charge is 2.26. The van der Waals surface area contributed by atoms with Crippen LogP contribution in [0.1, 0.15) is 47.2 Å². The lowest BCUT2D eigenvalue weighted by Crippen LogP contribution is -2.09. The van der Waals surface area contributed by atoms with Crippen LogP contribution < -0.4 is 0 Å². The molecule has 5 nitrogen and oxygen atoms in total. The zero-order valence-electron chi connectivity index (χ0n) is 27.2. The fourth-order valence-electron chi connectivity index (χ4n) is 8.08. The van der Waals surface area contributed by atoms with Crippen LogP contribution in [0.25, 0.3) is 66.9 Å². The predicted octanol–water partition coefficient (Wildman–Crippen LogP) is 10.7. The van der Waals surface area contributed by atoms with Crippen molar-refractivity contribution >= 4 is 50.1 Å². The first-order chi connectivity index (χ1) is 24.7. The third-order valence-corrected chi connectivity index (χ3v) is 10.2. The molecule has 0 bridgehead atoms. The SMILES string of the molecule is N#CC1=Cc2c(n(C3=C(c4ccccc4-c4ccc(-n5c6ccccc6c6ccccc65)c(C#N)c4)CCC=C3)c3cccc(C#N)c23)CC1. The molecular formula is C45H29N5. The summed E-state index contributed by atoms with van der Waals surface area (Å²) in [6.45, 7) is 0. The molecule has 5 aromatic carbocycles. The van der Waals surface area contributed by atoms with Crippen LogP contribution in [0.5, 0.6) is 0 Å². The molecule has 2 heterocycles. The Morgan fingerprint density at radius 2 is 1.28 bits per heavy atom. The minimum atomic E-state index is 0.608. The van der Waals surface area contributed by atoms with Gasteiger partial charge >= 0.3 is 0 Å². The van der Waals surface area contributed by atoms with Gasteiger partial charge < -0.3 is 9.13 Å². The Hall–Kier alpha value is -6.87. The van der Waals surface area contributed by atoms with E-state index >= 15 is 0 Å². The van der Waals surface area contributed by atoms with Gasteiger partial charge in [0.2, 0.25) is 0 Å². The molecule has 234 valence electrons. The molecule has 0 saturated heterocycles. The lowest BCUT2D eigenvalue weighted by molar-refractivity contribution is 0.877. The summed E-state index contributed by atoms with van der Waals surface area (Å²) in [5.74, 6) is 0. The largest absolute Gasteiger partial charge is 0.313 e. The van der Waals surface area contributed by atoms with Gasteiger partial charge in [0.1, 0.15) is 6.07 Å². The third-order valence-electron chi connectivity index (χ3n) is 10.2. The fraction of sp³-hybridized carbons (Fsp3) is 0.0889. The van der Waals surface area contributed by atoms with Crippen molar-refractivity contribution < 1.29 is 0 Å². The summed E-state index contributed by atoms with van der Waals surface area (Å²) in [5.41, 5.74) is 13.5. The number of hydrogen-bond donors (Lipinski definition) is 0. The summed E-state index contributed by atoms with van der Waals surface area (Å²) in [4.78, 5) is 0. The van der Waals surface area contributed by atoms with Gasteiger partial charge in [-0.2, -0.15) is 15.8 Å². The minimum Gasteiger partial charge on any atom is -0.313 e. The van der Waals surface area contributed by atoms with E-state index in [2.05, 4.69) is 118 Å². The Balaban J connectivity index is 1.25. The molecule has 0 saturated carbocycles. The molecule has 0 amide bonds. The van der Waals surface area contributed by atoms with Crippen LogP contribution in [0.3, 0.4) is 0 Å². The predicted molar refractivity (Wildman–Crippen MR) is 201 cm³/mol. The second-order valence-electron chi connectivity index (χ2n) is 12.9. The lowest BCUT2D eigenvalue weighted by Gasteiger charge is -2.23. The van der Waals surface area contributed by atoms with Crippen LogP contribution >= 0.6 is 0 Å². The molecule has 9 rings (SSSR count). The second kappa shape index (κ2) is 11.7. The first kappa shape index (κ1) is 29.3. The molecule has 7 aromatic rings. The Morgan fingerprint density at radius 1 is 0.580 bits per heavy atom. The van der Waals surface area contributed by atoms with Gasteiger partial charge in [-0.3, -0.25) is 0 Å². The van der Waals surface area contributed by atoms with Crippen molar-refractivity contribution in [1.29, 1.82) is 15.8 Å². The molecule has 0 unspecified atom stereocenters. The fourth-order valence-corrected chi connectivity index (χ4v) is 8.08. The van der Waals surface area contributed by atoms with Crippen molar-refractivity contribution in [2.75, 3.05) is 0 Å². The maximum Gasteiger partial charge on any atom is 0.101 e. The van der Waals surface area contributed by atoms with Gasteiger partial charge in [-0.25, -0.2) is 0 Å². The number of fused-ring (bicyclic) bond motifs is 6. The zero-order valence-corrected chi connectivity index (χ0v) is 27.2. The minimum absolute atomic E-state index is 0.608. The molecule has 2 aliphatic carbocycles. The summed E-state index contributed by atoms with van der Waals surface area (Å²) in [5, 5.41) is 33.7. The monoisotopic (exact) mass is 639 g/mol. The van der Waals surface area contributed by atoms with E-state index in [0.717, 1.165) is 96.9 Å². The molecule has 0 aliphatic heterocycles. The molecule has 0 fully saturated rings. The van der Waals surface area contributed by atoms with Gasteiger partial charge in [-0.05, 0) is 96.5 Å². The first-order valence-electron chi connectivity index (χ1n) is 16.9. The molecule has 5 heteroatoms. The van der Waals surface area contributed by atoms with Crippen LogP contribution in [0.2, 0.25) is 0 Å². The topological polar surface area (TPSA) is 81.2 Å². The van der Waals surface area contributed by atoms with Crippen molar-refractivity contribution in [3.63, 3.8) is 0 Å². The third kappa shape index (κ3) is 4.37. The maximum atomic E-state index is 10.6.